The highest BCUT2D eigenvalue weighted by molar-refractivity contribution is 6.02. The number of hydrogen-bond acceptors (Lipinski definition) is 4. The molecule has 2 fully saturated rings. The third kappa shape index (κ3) is 3.82. The maximum Gasteiger partial charge on any atom is 0.123 e. The van der Waals surface area contributed by atoms with Crippen LogP contribution in [0.2, 0.25) is 0 Å². The first kappa shape index (κ1) is 21.5. The molecule has 4 heterocycles. The van der Waals surface area contributed by atoms with Gasteiger partial charge in [-0.25, -0.2) is 9.97 Å². The molecule has 0 spiro atoms. The molecular formula is C30H30N6. The number of nitrogens with zero attached hydrogens (tertiary/aromatic N) is 3. The van der Waals surface area contributed by atoms with Crippen LogP contribution in [0.5, 0.6) is 0 Å². The van der Waals surface area contributed by atoms with Gasteiger partial charge in [0.25, 0.3) is 0 Å². The van der Waals surface area contributed by atoms with Gasteiger partial charge in [0.05, 0.1) is 35.3 Å². The number of aromatic nitrogens is 5. The predicted molar refractivity (Wildman–Crippen MR) is 144 cm³/mol. The molecule has 0 radical (unpaired) electrons. The molecular weight excluding hydrogens is 444 g/mol. The lowest BCUT2D eigenvalue weighted by molar-refractivity contribution is 0.613. The highest BCUT2D eigenvalue weighted by atomic mass is 15.0. The van der Waals surface area contributed by atoms with Crippen molar-refractivity contribution in [2.45, 2.75) is 50.5 Å². The van der Waals surface area contributed by atoms with E-state index in [-0.39, 0.29) is 0 Å². The van der Waals surface area contributed by atoms with Gasteiger partial charge < -0.3 is 15.3 Å². The standard InChI is InChI=1S/C30H30N6/c1-2-6-21(5-1)29-33-17-26(35-29)20-11-9-19(10-12-20)22-13-14-23(24-7-3-16-32-28(22)24)27-18-34-30(36-27)25-8-4-15-31-25/h3,7,9-14,16-18,21,25,31H,1-2,4-6,8,15H2,(H,33,35)(H,34,36)/t25-/m0/s1. The molecule has 5 aromatic rings. The Labute approximate surface area is 210 Å². The van der Waals surface area contributed by atoms with Crippen molar-refractivity contribution in [3.8, 4) is 33.6 Å². The molecule has 1 saturated carbocycles. The Morgan fingerprint density at radius 3 is 2.25 bits per heavy atom. The van der Waals surface area contributed by atoms with Crippen molar-refractivity contribution in [1.82, 2.24) is 30.2 Å². The first-order valence-electron chi connectivity index (χ1n) is 13.2. The molecule has 7 rings (SSSR count). The summed E-state index contributed by atoms with van der Waals surface area (Å²) in [5.74, 6) is 2.76. The quantitative estimate of drug-likeness (QED) is 0.263. The molecule has 1 atom stereocenters. The van der Waals surface area contributed by atoms with Gasteiger partial charge >= 0.3 is 0 Å². The van der Waals surface area contributed by atoms with Crippen LogP contribution in [-0.4, -0.2) is 31.5 Å². The molecule has 0 amide bonds. The van der Waals surface area contributed by atoms with E-state index in [1.165, 1.54) is 32.1 Å². The van der Waals surface area contributed by atoms with Gasteiger partial charge in [0, 0.05) is 28.6 Å². The summed E-state index contributed by atoms with van der Waals surface area (Å²) < 4.78 is 0. The second kappa shape index (κ2) is 9.03. The minimum absolute atomic E-state index is 0.324. The molecule has 180 valence electrons. The molecule has 6 heteroatoms. The van der Waals surface area contributed by atoms with E-state index < -0.39 is 0 Å². The third-order valence-electron chi connectivity index (χ3n) is 7.89. The summed E-state index contributed by atoms with van der Waals surface area (Å²) in [4.78, 5) is 21.3. The Balaban J connectivity index is 1.21. The fourth-order valence-corrected chi connectivity index (χ4v) is 5.93. The number of rotatable bonds is 5. The van der Waals surface area contributed by atoms with Gasteiger partial charge in [0.15, 0.2) is 0 Å². The Kier molecular flexibility index (Phi) is 5.39. The number of aromatic amines is 2. The molecule has 2 aromatic carbocycles. The van der Waals surface area contributed by atoms with Crippen LogP contribution in [0.3, 0.4) is 0 Å². The minimum atomic E-state index is 0.324. The topological polar surface area (TPSA) is 82.3 Å². The molecule has 1 aliphatic heterocycles. The van der Waals surface area contributed by atoms with Gasteiger partial charge in [-0.2, -0.15) is 0 Å². The van der Waals surface area contributed by atoms with Crippen LogP contribution >= 0.6 is 0 Å². The molecule has 3 aromatic heterocycles. The average molecular weight is 475 g/mol. The Hall–Kier alpha value is -3.77. The molecule has 2 aliphatic rings. The fraction of sp³-hybridized carbons (Fsp3) is 0.300. The van der Waals surface area contributed by atoms with Crippen molar-refractivity contribution in [3.63, 3.8) is 0 Å². The highest BCUT2D eigenvalue weighted by Crippen LogP contribution is 2.36. The number of fused-ring (bicyclic) bond motifs is 1. The van der Waals surface area contributed by atoms with E-state index in [1.807, 2.05) is 24.7 Å². The van der Waals surface area contributed by atoms with Crippen molar-refractivity contribution < 1.29 is 0 Å². The minimum Gasteiger partial charge on any atom is -0.342 e. The largest absolute Gasteiger partial charge is 0.342 e. The summed E-state index contributed by atoms with van der Waals surface area (Å²) in [5.41, 5.74) is 7.72. The molecule has 1 aliphatic carbocycles. The Morgan fingerprint density at radius 1 is 0.667 bits per heavy atom. The van der Waals surface area contributed by atoms with Gasteiger partial charge in [-0.15, -0.1) is 0 Å². The van der Waals surface area contributed by atoms with Gasteiger partial charge in [0.2, 0.25) is 0 Å². The fourth-order valence-electron chi connectivity index (χ4n) is 5.93. The maximum absolute atomic E-state index is 4.79. The van der Waals surface area contributed by atoms with Crippen LogP contribution in [0.15, 0.2) is 67.1 Å². The van der Waals surface area contributed by atoms with Crippen molar-refractivity contribution in [2.75, 3.05) is 6.54 Å². The van der Waals surface area contributed by atoms with Crippen molar-refractivity contribution in [1.29, 1.82) is 0 Å². The van der Waals surface area contributed by atoms with Gasteiger partial charge in [-0.1, -0.05) is 55.3 Å². The lowest BCUT2D eigenvalue weighted by atomic mass is 9.96. The van der Waals surface area contributed by atoms with E-state index in [2.05, 4.69) is 67.7 Å². The van der Waals surface area contributed by atoms with Crippen LogP contribution in [0, 0.1) is 0 Å². The predicted octanol–water partition coefficient (Wildman–Crippen LogP) is 6.76. The summed E-state index contributed by atoms with van der Waals surface area (Å²) in [6, 6.07) is 17.6. The average Bonchev–Trinajstić information content (AvgIpc) is 3.75. The molecule has 0 unspecified atom stereocenters. The molecule has 0 bridgehead atoms. The zero-order chi connectivity index (χ0) is 23.9. The highest BCUT2D eigenvalue weighted by Gasteiger charge is 2.21. The first-order valence-corrected chi connectivity index (χ1v) is 13.2. The molecule has 36 heavy (non-hydrogen) atoms. The summed E-state index contributed by atoms with van der Waals surface area (Å²) in [6.07, 6.45) is 13.3. The normalized spacial score (nSPS) is 18.4. The van der Waals surface area contributed by atoms with E-state index in [1.54, 1.807) is 0 Å². The van der Waals surface area contributed by atoms with Crippen LogP contribution in [0.25, 0.3) is 44.5 Å². The maximum atomic E-state index is 4.79. The summed E-state index contributed by atoms with van der Waals surface area (Å²) in [6.45, 7) is 1.06. The number of nitrogens with one attached hydrogen (secondary N) is 3. The number of benzene rings is 2. The third-order valence-corrected chi connectivity index (χ3v) is 7.89. The van der Waals surface area contributed by atoms with E-state index in [0.29, 0.717) is 12.0 Å². The van der Waals surface area contributed by atoms with E-state index in [9.17, 15) is 0 Å². The van der Waals surface area contributed by atoms with Crippen LogP contribution in [0.1, 0.15) is 62.1 Å². The van der Waals surface area contributed by atoms with Gasteiger partial charge in [-0.05, 0) is 49.4 Å². The monoisotopic (exact) mass is 474 g/mol. The van der Waals surface area contributed by atoms with Gasteiger partial charge in [0.1, 0.15) is 11.6 Å². The zero-order valence-electron chi connectivity index (χ0n) is 20.3. The lowest BCUT2D eigenvalue weighted by Gasteiger charge is -2.11. The van der Waals surface area contributed by atoms with E-state index in [0.717, 1.165) is 69.2 Å². The summed E-state index contributed by atoms with van der Waals surface area (Å²) in [7, 11) is 0. The van der Waals surface area contributed by atoms with Crippen LogP contribution in [0.4, 0.5) is 0 Å². The summed E-state index contributed by atoms with van der Waals surface area (Å²) in [5, 5.41) is 4.65. The van der Waals surface area contributed by atoms with Crippen LogP contribution in [-0.2, 0) is 0 Å². The second-order valence-corrected chi connectivity index (χ2v) is 10.1. The number of H-pyrrole nitrogens is 2. The van der Waals surface area contributed by atoms with Gasteiger partial charge in [-0.3, -0.25) is 4.98 Å². The SMILES string of the molecule is c1cnc2c(-c3ccc(-c4cnc(C5CCCC5)[nH]4)cc3)ccc(-c3cnc([C@@H]4CCCN4)[nH]3)c2c1. The number of imidazole rings is 2. The van der Waals surface area contributed by atoms with Crippen molar-refractivity contribution >= 4 is 10.9 Å². The smallest absolute Gasteiger partial charge is 0.123 e. The van der Waals surface area contributed by atoms with Crippen molar-refractivity contribution in [3.05, 3.63) is 78.8 Å². The molecule has 1 saturated heterocycles. The van der Waals surface area contributed by atoms with E-state index >= 15 is 0 Å². The lowest BCUT2D eigenvalue weighted by Crippen LogP contribution is -2.14. The number of hydrogen-bond donors (Lipinski definition) is 3. The summed E-state index contributed by atoms with van der Waals surface area (Å²) >= 11 is 0. The number of pyridine rings is 1. The molecule has 6 nitrogen and oxygen atoms in total. The van der Waals surface area contributed by atoms with E-state index in [4.69, 9.17) is 4.98 Å². The zero-order valence-corrected chi connectivity index (χ0v) is 20.3. The van der Waals surface area contributed by atoms with Crippen LogP contribution < -0.4 is 5.32 Å². The molecule has 3 N–H and O–H groups in total. The first-order chi connectivity index (χ1) is 17.8. The second-order valence-electron chi connectivity index (χ2n) is 10.1. The Morgan fingerprint density at radius 2 is 1.42 bits per heavy atom. The Bertz CT molecular complexity index is 1500. The van der Waals surface area contributed by atoms with Crippen molar-refractivity contribution in [2.24, 2.45) is 0 Å².